The summed E-state index contributed by atoms with van der Waals surface area (Å²) in [4.78, 5) is 13.8. The molecule has 1 aliphatic rings. The van der Waals surface area contributed by atoms with Crippen LogP contribution in [-0.2, 0) is 11.2 Å². The predicted octanol–water partition coefficient (Wildman–Crippen LogP) is 5.47. The fraction of sp³-hybridized carbons (Fsp3) is 0.667. The third kappa shape index (κ3) is 5.60. The molecule has 1 aliphatic carbocycles. The molecule has 1 fully saturated rings. The number of thioether (sulfide) groups is 1. The molecule has 0 aromatic carbocycles. The number of nitrogens with zero attached hydrogens (tertiary/aromatic N) is 3. The second-order valence-corrected chi connectivity index (χ2v) is 9.80. The van der Waals surface area contributed by atoms with Crippen molar-refractivity contribution in [1.29, 1.82) is 0 Å². The number of aryl methyl sites for hydroxylation is 1. The Morgan fingerprint density at radius 2 is 2.04 bits per heavy atom. The topological polar surface area (TPSA) is 59.8 Å². The van der Waals surface area contributed by atoms with E-state index in [1.807, 2.05) is 0 Å². The zero-order chi connectivity index (χ0) is 19.9. The standard InChI is InChI=1S/C21H32N4OS2/c1-4-9-18-12-16(13-27-18)20-23-24-21(25(20)15(2)3)28-14-19(26)22-17-10-7-5-6-8-11-17/h12-13,15,17H,4-11,14H2,1-3H3,(H,22,26). The minimum Gasteiger partial charge on any atom is -0.353 e. The Hall–Kier alpha value is -1.34. The predicted molar refractivity (Wildman–Crippen MR) is 118 cm³/mol. The molecule has 5 nitrogen and oxygen atoms in total. The van der Waals surface area contributed by atoms with Gasteiger partial charge in [-0.05, 0) is 39.2 Å². The molecule has 0 unspecified atom stereocenters. The Balaban J connectivity index is 1.64. The number of aromatic nitrogens is 3. The van der Waals surface area contributed by atoms with Gasteiger partial charge < -0.3 is 5.32 Å². The summed E-state index contributed by atoms with van der Waals surface area (Å²) in [5, 5.41) is 15.1. The molecule has 7 heteroatoms. The van der Waals surface area contributed by atoms with Crippen molar-refractivity contribution in [2.45, 2.75) is 89.4 Å². The molecular formula is C21H32N4OS2. The Labute approximate surface area is 176 Å². The zero-order valence-corrected chi connectivity index (χ0v) is 18.9. The van der Waals surface area contributed by atoms with Crippen LogP contribution in [0.5, 0.6) is 0 Å². The summed E-state index contributed by atoms with van der Waals surface area (Å²) in [6, 6.07) is 2.81. The largest absolute Gasteiger partial charge is 0.353 e. The molecular weight excluding hydrogens is 388 g/mol. The van der Waals surface area contributed by atoms with Crippen LogP contribution < -0.4 is 5.32 Å². The lowest BCUT2D eigenvalue weighted by molar-refractivity contribution is -0.119. The maximum Gasteiger partial charge on any atom is 0.230 e. The normalized spacial score (nSPS) is 15.7. The van der Waals surface area contributed by atoms with E-state index in [0.717, 1.165) is 42.2 Å². The van der Waals surface area contributed by atoms with Crippen molar-refractivity contribution in [3.05, 3.63) is 16.3 Å². The van der Waals surface area contributed by atoms with Gasteiger partial charge >= 0.3 is 0 Å². The SMILES string of the molecule is CCCc1cc(-c2nnc(SCC(=O)NC3CCCCCC3)n2C(C)C)cs1. The van der Waals surface area contributed by atoms with Gasteiger partial charge in [-0.1, -0.05) is 50.8 Å². The van der Waals surface area contributed by atoms with Crippen LogP contribution in [0.3, 0.4) is 0 Å². The minimum atomic E-state index is 0.109. The van der Waals surface area contributed by atoms with Crippen molar-refractivity contribution in [3.8, 4) is 11.4 Å². The average Bonchev–Trinajstić information content (AvgIpc) is 3.21. The number of nitrogens with one attached hydrogen (secondary N) is 1. The molecule has 0 spiro atoms. The molecule has 2 aromatic rings. The Morgan fingerprint density at radius 3 is 2.71 bits per heavy atom. The monoisotopic (exact) mass is 420 g/mol. The van der Waals surface area contributed by atoms with Crippen LogP contribution in [0.1, 0.15) is 76.6 Å². The molecule has 2 aromatic heterocycles. The molecule has 3 rings (SSSR count). The number of amides is 1. The third-order valence-electron chi connectivity index (χ3n) is 5.14. The van der Waals surface area contributed by atoms with Crippen molar-refractivity contribution in [1.82, 2.24) is 20.1 Å². The summed E-state index contributed by atoms with van der Waals surface area (Å²) in [6.07, 6.45) is 9.51. The van der Waals surface area contributed by atoms with Gasteiger partial charge in [0.1, 0.15) is 0 Å². The number of carbonyl (C=O) groups excluding carboxylic acids is 1. The lowest BCUT2D eigenvalue weighted by Crippen LogP contribution is -2.35. The Bertz CT molecular complexity index is 760. The minimum absolute atomic E-state index is 0.109. The second kappa shape index (κ2) is 10.4. The fourth-order valence-electron chi connectivity index (χ4n) is 3.74. The maximum absolute atomic E-state index is 12.4. The van der Waals surface area contributed by atoms with E-state index < -0.39 is 0 Å². The lowest BCUT2D eigenvalue weighted by Gasteiger charge is -2.16. The number of hydrogen-bond donors (Lipinski definition) is 1. The third-order valence-corrected chi connectivity index (χ3v) is 7.08. The first-order valence-electron chi connectivity index (χ1n) is 10.5. The van der Waals surface area contributed by atoms with Gasteiger partial charge in [-0.15, -0.1) is 21.5 Å². The Kier molecular flexibility index (Phi) is 7.97. The number of thiophene rings is 1. The molecule has 1 saturated carbocycles. The molecule has 1 amide bonds. The van der Waals surface area contributed by atoms with Crippen molar-refractivity contribution in [2.24, 2.45) is 0 Å². The van der Waals surface area contributed by atoms with E-state index in [2.05, 4.69) is 52.3 Å². The van der Waals surface area contributed by atoms with Crippen LogP contribution >= 0.6 is 23.1 Å². The van der Waals surface area contributed by atoms with E-state index in [4.69, 9.17) is 0 Å². The zero-order valence-electron chi connectivity index (χ0n) is 17.2. The lowest BCUT2D eigenvalue weighted by atomic mass is 10.1. The van der Waals surface area contributed by atoms with E-state index in [0.29, 0.717) is 11.8 Å². The molecule has 28 heavy (non-hydrogen) atoms. The maximum atomic E-state index is 12.4. The van der Waals surface area contributed by atoms with Crippen molar-refractivity contribution in [3.63, 3.8) is 0 Å². The first-order valence-corrected chi connectivity index (χ1v) is 12.4. The van der Waals surface area contributed by atoms with Crippen LogP contribution in [0.15, 0.2) is 16.6 Å². The van der Waals surface area contributed by atoms with Gasteiger partial charge in [-0.2, -0.15) is 0 Å². The molecule has 2 heterocycles. The first kappa shape index (κ1) is 21.4. The number of carbonyl (C=O) groups is 1. The summed E-state index contributed by atoms with van der Waals surface area (Å²) in [5.41, 5.74) is 1.13. The highest BCUT2D eigenvalue weighted by Crippen LogP contribution is 2.31. The summed E-state index contributed by atoms with van der Waals surface area (Å²) >= 11 is 3.28. The van der Waals surface area contributed by atoms with Gasteiger partial charge in [0, 0.05) is 27.9 Å². The van der Waals surface area contributed by atoms with Crippen molar-refractivity contribution >= 4 is 29.0 Å². The molecule has 0 radical (unpaired) electrons. The molecule has 0 saturated heterocycles. The molecule has 154 valence electrons. The van der Waals surface area contributed by atoms with Gasteiger partial charge in [-0.3, -0.25) is 9.36 Å². The summed E-state index contributed by atoms with van der Waals surface area (Å²) in [6.45, 7) is 6.48. The summed E-state index contributed by atoms with van der Waals surface area (Å²) in [5.74, 6) is 1.41. The van der Waals surface area contributed by atoms with Crippen LogP contribution in [0, 0.1) is 0 Å². The summed E-state index contributed by atoms with van der Waals surface area (Å²) < 4.78 is 2.15. The highest BCUT2D eigenvalue weighted by atomic mass is 32.2. The van der Waals surface area contributed by atoms with E-state index in [-0.39, 0.29) is 11.9 Å². The van der Waals surface area contributed by atoms with E-state index >= 15 is 0 Å². The number of rotatable bonds is 8. The van der Waals surface area contributed by atoms with Gasteiger partial charge in [0.25, 0.3) is 0 Å². The van der Waals surface area contributed by atoms with E-state index in [1.165, 1.54) is 42.3 Å². The highest BCUT2D eigenvalue weighted by Gasteiger charge is 2.20. The van der Waals surface area contributed by atoms with Gasteiger partial charge in [0.15, 0.2) is 11.0 Å². The van der Waals surface area contributed by atoms with Crippen molar-refractivity contribution in [2.75, 3.05) is 5.75 Å². The van der Waals surface area contributed by atoms with Crippen LogP contribution in [0.2, 0.25) is 0 Å². The van der Waals surface area contributed by atoms with Crippen molar-refractivity contribution < 1.29 is 4.79 Å². The number of hydrogen-bond acceptors (Lipinski definition) is 5. The molecule has 0 atom stereocenters. The second-order valence-electron chi connectivity index (χ2n) is 7.87. The summed E-state index contributed by atoms with van der Waals surface area (Å²) in [7, 11) is 0. The Morgan fingerprint density at radius 1 is 1.29 bits per heavy atom. The first-order chi connectivity index (χ1) is 13.6. The van der Waals surface area contributed by atoms with E-state index in [9.17, 15) is 4.79 Å². The van der Waals surface area contributed by atoms with E-state index in [1.54, 1.807) is 11.3 Å². The van der Waals surface area contributed by atoms with Gasteiger partial charge in [-0.25, -0.2) is 0 Å². The van der Waals surface area contributed by atoms with Gasteiger partial charge in [0.2, 0.25) is 5.91 Å². The average molecular weight is 421 g/mol. The quantitative estimate of drug-likeness (QED) is 0.454. The van der Waals surface area contributed by atoms with Crippen LogP contribution in [0.25, 0.3) is 11.4 Å². The smallest absolute Gasteiger partial charge is 0.230 e. The van der Waals surface area contributed by atoms with Gasteiger partial charge in [0.05, 0.1) is 5.75 Å². The van der Waals surface area contributed by atoms with Crippen LogP contribution in [0.4, 0.5) is 0 Å². The molecule has 1 N–H and O–H groups in total. The fourth-order valence-corrected chi connectivity index (χ4v) is 5.58. The molecule has 0 aliphatic heterocycles. The molecule has 0 bridgehead atoms. The highest BCUT2D eigenvalue weighted by molar-refractivity contribution is 7.99. The van der Waals surface area contributed by atoms with Crippen LogP contribution in [-0.4, -0.2) is 32.5 Å².